The summed E-state index contributed by atoms with van der Waals surface area (Å²) in [6.45, 7) is 1.54. The molecule has 10 nitrogen and oxygen atoms in total. The predicted octanol–water partition coefficient (Wildman–Crippen LogP) is 3.71. The number of carbonyl (C=O) groups excluding carboxylic acids is 2. The average molecular weight is 492 g/mol. The quantitative estimate of drug-likeness (QED) is 0.305. The monoisotopic (exact) mass is 492 g/mol. The Hall–Kier alpha value is -3.69. The number of amides is 2. The van der Waals surface area contributed by atoms with Gasteiger partial charge in [0.1, 0.15) is 27.6 Å². The number of nitro groups is 1. The maximum Gasteiger partial charge on any atom is 0.442 e. The van der Waals surface area contributed by atoms with Crippen molar-refractivity contribution >= 4 is 44.7 Å². The lowest BCUT2D eigenvalue weighted by molar-refractivity contribution is -0.388. The zero-order chi connectivity index (χ0) is 24.8. The van der Waals surface area contributed by atoms with Crippen LogP contribution in [0.1, 0.15) is 38.7 Å². The summed E-state index contributed by atoms with van der Waals surface area (Å²) >= 11 is 0.649. The molecule has 176 valence electrons. The van der Waals surface area contributed by atoms with Gasteiger partial charge in [0.05, 0.1) is 10.6 Å². The third kappa shape index (κ3) is 4.46. The molecule has 16 heteroatoms. The third-order valence-electron chi connectivity index (χ3n) is 4.51. The van der Waals surface area contributed by atoms with Crippen LogP contribution in [0.3, 0.4) is 0 Å². The number of hydrogen-bond donors (Lipinski definition) is 2. The molecule has 0 unspecified atom stereocenters. The lowest BCUT2D eigenvalue weighted by Gasteiger charge is -2.09. The number of primary amides is 1. The summed E-state index contributed by atoms with van der Waals surface area (Å²) in [5, 5.41) is 16.7. The van der Waals surface area contributed by atoms with E-state index in [0.717, 1.165) is 13.0 Å². The number of halogens is 5. The predicted molar refractivity (Wildman–Crippen MR) is 105 cm³/mol. The molecule has 0 aromatic carbocycles. The summed E-state index contributed by atoms with van der Waals surface area (Å²) in [5.41, 5.74) is 1.24. The van der Waals surface area contributed by atoms with Gasteiger partial charge in [0.25, 0.3) is 12.3 Å². The van der Waals surface area contributed by atoms with Crippen molar-refractivity contribution in [3.63, 3.8) is 0 Å². The number of pyridine rings is 1. The molecule has 0 spiro atoms. The zero-order valence-corrected chi connectivity index (χ0v) is 17.5. The molecule has 0 bridgehead atoms. The van der Waals surface area contributed by atoms with E-state index in [2.05, 4.69) is 15.4 Å². The number of nitrogens with zero attached hydrogens (tertiary/aromatic N) is 4. The number of nitrogens with two attached hydrogens (primary N) is 1. The van der Waals surface area contributed by atoms with Crippen LogP contribution in [0.2, 0.25) is 0 Å². The molecule has 3 heterocycles. The van der Waals surface area contributed by atoms with Gasteiger partial charge in [-0.1, -0.05) is 0 Å². The maximum absolute atomic E-state index is 13.1. The van der Waals surface area contributed by atoms with Crippen molar-refractivity contribution in [3.8, 4) is 0 Å². The van der Waals surface area contributed by atoms with Crippen molar-refractivity contribution in [2.75, 3.05) is 5.32 Å². The smallest absolute Gasteiger partial charge is 0.365 e. The largest absolute Gasteiger partial charge is 0.442 e. The number of thiophene rings is 1. The van der Waals surface area contributed by atoms with Gasteiger partial charge < -0.3 is 11.1 Å². The number of alkyl halides is 5. The number of rotatable bonds is 6. The van der Waals surface area contributed by atoms with Crippen molar-refractivity contribution in [1.82, 2.24) is 14.8 Å². The van der Waals surface area contributed by atoms with E-state index in [4.69, 9.17) is 5.73 Å². The molecule has 3 aromatic rings. The first-order chi connectivity index (χ1) is 15.2. The Bertz CT molecular complexity index is 1300. The molecule has 0 saturated heterocycles. The van der Waals surface area contributed by atoms with Crippen LogP contribution in [0.25, 0.3) is 10.2 Å². The molecule has 0 aliphatic rings. The van der Waals surface area contributed by atoms with Crippen molar-refractivity contribution in [2.45, 2.75) is 33.0 Å². The molecular formula is C17H13F5N6O4S. The van der Waals surface area contributed by atoms with Crippen LogP contribution >= 0.6 is 11.3 Å². The minimum absolute atomic E-state index is 0.0142. The lowest BCUT2D eigenvalue weighted by Crippen LogP contribution is -2.22. The molecular weight excluding hydrogens is 479 g/mol. The van der Waals surface area contributed by atoms with Crippen molar-refractivity contribution in [3.05, 3.63) is 43.7 Å². The topological polar surface area (TPSA) is 146 Å². The summed E-state index contributed by atoms with van der Waals surface area (Å²) in [6, 6.07) is 1.05. The molecule has 0 aliphatic heterocycles. The number of nitrogens with one attached hydrogen (secondary N) is 1. The highest BCUT2D eigenvalue weighted by Crippen LogP contribution is 2.39. The molecule has 0 fully saturated rings. The van der Waals surface area contributed by atoms with Crippen molar-refractivity contribution in [2.24, 2.45) is 5.73 Å². The van der Waals surface area contributed by atoms with Crippen LogP contribution in [0.15, 0.2) is 6.07 Å². The molecule has 0 radical (unpaired) electrons. The summed E-state index contributed by atoms with van der Waals surface area (Å²) in [4.78, 5) is 37.7. The highest BCUT2D eigenvalue weighted by atomic mass is 32.1. The van der Waals surface area contributed by atoms with Crippen LogP contribution in [0, 0.1) is 24.0 Å². The van der Waals surface area contributed by atoms with E-state index >= 15 is 0 Å². The minimum atomic E-state index is -5.14. The Kier molecular flexibility index (Phi) is 6.06. The van der Waals surface area contributed by atoms with Crippen molar-refractivity contribution in [1.29, 1.82) is 0 Å². The fourth-order valence-electron chi connectivity index (χ4n) is 3.13. The normalized spacial score (nSPS) is 11.9. The first-order valence-electron chi connectivity index (χ1n) is 8.83. The van der Waals surface area contributed by atoms with Gasteiger partial charge >= 0.3 is 11.9 Å². The Labute approximate surface area is 184 Å². The van der Waals surface area contributed by atoms with Crippen LogP contribution < -0.4 is 11.1 Å². The number of carbonyl (C=O) groups is 2. The summed E-state index contributed by atoms with van der Waals surface area (Å²) in [5.74, 6) is -2.00. The van der Waals surface area contributed by atoms with Gasteiger partial charge in [-0.15, -0.1) is 11.3 Å². The molecule has 3 N–H and O–H groups in total. The summed E-state index contributed by atoms with van der Waals surface area (Å²) in [6.07, 6.45) is -8.03. The van der Waals surface area contributed by atoms with E-state index in [0.29, 0.717) is 16.0 Å². The molecule has 2 amide bonds. The Morgan fingerprint density at radius 1 is 1.33 bits per heavy atom. The molecule has 3 rings (SSSR count). The van der Waals surface area contributed by atoms with Gasteiger partial charge in [-0.2, -0.15) is 18.3 Å². The second-order valence-electron chi connectivity index (χ2n) is 6.76. The Balaban J connectivity index is 2.02. The molecule has 0 atom stereocenters. The Morgan fingerprint density at radius 2 is 1.97 bits per heavy atom. The number of aryl methyl sites for hydroxylation is 1. The van der Waals surface area contributed by atoms with E-state index in [-0.39, 0.29) is 26.3 Å². The number of aromatic nitrogens is 3. The summed E-state index contributed by atoms with van der Waals surface area (Å²) in [7, 11) is 0. The number of fused-ring (bicyclic) bond motifs is 1. The number of anilines is 1. The van der Waals surface area contributed by atoms with Crippen LogP contribution in [0.4, 0.5) is 33.3 Å². The third-order valence-corrected chi connectivity index (χ3v) is 5.61. The Morgan fingerprint density at radius 3 is 2.45 bits per heavy atom. The van der Waals surface area contributed by atoms with Crippen LogP contribution in [0.5, 0.6) is 0 Å². The van der Waals surface area contributed by atoms with E-state index in [1.165, 1.54) is 6.92 Å². The van der Waals surface area contributed by atoms with Gasteiger partial charge in [-0.3, -0.25) is 24.4 Å². The lowest BCUT2D eigenvalue weighted by atomic mass is 10.1. The SMILES string of the molecule is Cc1cc(C(F)F)nc2sc(C(N)=O)c(NC(=O)Cn3nc(C(F)(F)F)c([N+](=O)[O-])c3C)c12. The maximum atomic E-state index is 13.1. The van der Waals surface area contributed by atoms with Crippen LogP contribution in [-0.2, 0) is 17.5 Å². The first kappa shape index (κ1) is 24.0. The molecule has 33 heavy (non-hydrogen) atoms. The summed E-state index contributed by atoms with van der Waals surface area (Å²) < 4.78 is 65.9. The highest BCUT2D eigenvalue weighted by Gasteiger charge is 2.44. The first-order valence-corrected chi connectivity index (χ1v) is 9.64. The van der Waals surface area contributed by atoms with Gasteiger partial charge in [0.2, 0.25) is 11.6 Å². The van der Waals surface area contributed by atoms with Gasteiger partial charge in [0.15, 0.2) is 0 Å². The standard InChI is InChI=1S/C17H13F5N6O4S/c1-5-3-7(14(18)19)24-16-9(5)10(12(33-16)15(23)30)25-8(29)4-27-6(2)11(28(31)32)13(26-27)17(20,21)22/h3,14H,4H2,1-2H3,(H2,23,30)(H,25,29). The van der Waals surface area contributed by atoms with E-state index < -0.39 is 58.7 Å². The zero-order valence-electron chi connectivity index (χ0n) is 16.7. The minimum Gasteiger partial charge on any atom is -0.365 e. The highest BCUT2D eigenvalue weighted by molar-refractivity contribution is 7.21. The van der Waals surface area contributed by atoms with E-state index in [9.17, 15) is 41.7 Å². The fourth-order valence-corrected chi connectivity index (χ4v) is 4.19. The second kappa shape index (κ2) is 8.34. The average Bonchev–Trinajstić information content (AvgIpc) is 3.20. The molecule has 3 aromatic heterocycles. The van der Waals surface area contributed by atoms with Gasteiger partial charge in [-0.25, -0.2) is 13.8 Å². The van der Waals surface area contributed by atoms with Gasteiger partial charge in [-0.05, 0) is 25.5 Å². The second-order valence-corrected chi connectivity index (χ2v) is 7.76. The van der Waals surface area contributed by atoms with Crippen molar-refractivity contribution < 1.29 is 36.5 Å². The van der Waals surface area contributed by atoms with E-state index in [1.54, 1.807) is 0 Å². The molecule has 0 aliphatic carbocycles. The van der Waals surface area contributed by atoms with Crippen LogP contribution in [-0.4, -0.2) is 31.5 Å². The van der Waals surface area contributed by atoms with Gasteiger partial charge in [0, 0.05) is 5.39 Å². The van der Waals surface area contributed by atoms with E-state index in [1.807, 2.05) is 0 Å². The molecule has 0 saturated carbocycles. The number of hydrogen-bond acceptors (Lipinski definition) is 7. The fraction of sp³-hybridized carbons (Fsp3) is 0.294.